The van der Waals surface area contributed by atoms with Gasteiger partial charge in [-0.3, -0.25) is 14.9 Å². The Labute approximate surface area is 116 Å². The maximum Gasteiger partial charge on any atom is 0.310 e. The molecule has 1 fully saturated rings. The number of benzene rings is 1. The van der Waals surface area contributed by atoms with Crippen LogP contribution in [0.25, 0.3) is 0 Å². The summed E-state index contributed by atoms with van der Waals surface area (Å²) >= 11 is 0. The number of anilines is 1. The van der Waals surface area contributed by atoms with Gasteiger partial charge in [0.1, 0.15) is 23.1 Å². The van der Waals surface area contributed by atoms with Crippen molar-refractivity contribution in [3.63, 3.8) is 0 Å². The maximum atomic E-state index is 11.3. The van der Waals surface area contributed by atoms with E-state index in [1.165, 1.54) is 6.07 Å². The number of ketones is 1. The average molecular weight is 273 g/mol. The average Bonchev–Trinajstić information content (AvgIpc) is 2.46. The first-order valence-electron chi connectivity index (χ1n) is 6.47. The van der Waals surface area contributed by atoms with Gasteiger partial charge in [0.15, 0.2) is 0 Å². The van der Waals surface area contributed by atoms with E-state index in [1.54, 1.807) is 19.1 Å². The van der Waals surface area contributed by atoms with Crippen LogP contribution >= 0.6 is 0 Å². The van der Waals surface area contributed by atoms with Gasteiger partial charge in [-0.05, 0) is 31.9 Å². The lowest BCUT2D eigenvalue weighted by Gasteiger charge is -2.32. The number of carbonyl (C=O) groups is 1. The molecule has 1 aromatic rings. The second kappa shape index (κ2) is 5.70. The Balaban J connectivity index is 2.29. The molecule has 0 radical (unpaired) electrons. The van der Waals surface area contributed by atoms with Crippen molar-refractivity contribution >= 4 is 17.2 Å². The number of nitrogens with zero attached hydrogens (tertiary/aromatic N) is 3. The molecule has 0 N–H and O–H groups in total. The van der Waals surface area contributed by atoms with Gasteiger partial charge in [0.05, 0.1) is 4.92 Å². The number of para-hydroxylation sites is 1. The lowest BCUT2D eigenvalue weighted by atomic mass is 9.93. The topological polar surface area (TPSA) is 87.2 Å². The number of nitro benzene ring substituents is 1. The summed E-state index contributed by atoms with van der Waals surface area (Å²) in [5.74, 6) is 0.217. The summed E-state index contributed by atoms with van der Waals surface area (Å²) in [6, 6.07) is 6.62. The third kappa shape index (κ3) is 2.62. The molecule has 1 aromatic carbocycles. The van der Waals surface area contributed by atoms with Crippen molar-refractivity contribution in [2.75, 3.05) is 18.0 Å². The number of Topliss-reactive ketones (excluding diaryl/α,β-unsaturated/α-hetero) is 1. The van der Waals surface area contributed by atoms with Crippen molar-refractivity contribution in [3.05, 3.63) is 33.9 Å². The molecule has 1 heterocycles. The molecular formula is C14H15N3O3. The zero-order valence-electron chi connectivity index (χ0n) is 11.2. The van der Waals surface area contributed by atoms with Crippen LogP contribution in [-0.4, -0.2) is 23.8 Å². The number of nitriles is 1. The van der Waals surface area contributed by atoms with Crippen LogP contribution in [0.2, 0.25) is 0 Å². The number of hydrogen-bond donors (Lipinski definition) is 0. The second-order valence-corrected chi connectivity index (χ2v) is 4.91. The molecule has 0 saturated carbocycles. The van der Waals surface area contributed by atoms with Crippen LogP contribution in [0.1, 0.15) is 25.3 Å². The number of carbonyl (C=O) groups excluding carboxylic acids is 1. The van der Waals surface area contributed by atoms with E-state index in [0.29, 0.717) is 31.6 Å². The van der Waals surface area contributed by atoms with E-state index >= 15 is 0 Å². The predicted molar refractivity (Wildman–Crippen MR) is 73.4 cm³/mol. The van der Waals surface area contributed by atoms with Crippen molar-refractivity contribution < 1.29 is 9.72 Å². The molecule has 1 aliphatic heterocycles. The molecule has 20 heavy (non-hydrogen) atoms. The molecule has 0 atom stereocenters. The fraction of sp³-hybridized carbons (Fsp3) is 0.429. The quantitative estimate of drug-likeness (QED) is 0.622. The standard InChI is InChI=1S/C14H15N3O3/c1-10(18)11-5-7-16(8-6-11)13-4-2-3-12(9-15)14(13)17(19)20/h2-4,11H,5-8H2,1H3. The van der Waals surface area contributed by atoms with Crippen LogP contribution in [-0.2, 0) is 4.79 Å². The van der Waals surface area contributed by atoms with Crippen LogP contribution in [0, 0.1) is 27.4 Å². The van der Waals surface area contributed by atoms with Crippen LogP contribution in [0.15, 0.2) is 18.2 Å². The van der Waals surface area contributed by atoms with E-state index in [9.17, 15) is 14.9 Å². The summed E-state index contributed by atoms with van der Waals surface area (Å²) in [6.45, 7) is 2.78. The number of rotatable bonds is 3. The van der Waals surface area contributed by atoms with Crippen molar-refractivity contribution in [3.8, 4) is 6.07 Å². The number of hydrogen-bond acceptors (Lipinski definition) is 5. The molecule has 104 valence electrons. The van der Waals surface area contributed by atoms with Gasteiger partial charge in [0.25, 0.3) is 0 Å². The molecule has 0 unspecified atom stereocenters. The smallest absolute Gasteiger partial charge is 0.310 e. The first kappa shape index (κ1) is 14.0. The summed E-state index contributed by atoms with van der Waals surface area (Å²) in [4.78, 5) is 23.9. The third-order valence-corrected chi connectivity index (χ3v) is 3.73. The minimum atomic E-state index is -0.509. The third-order valence-electron chi connectivity index (χ3n) is 3.73. The fourth-order valence-electron chi connectivity index (χ4n) is 2.60. The van der Waals surface area contributed by atoms with Gasteiger partial charge in [0, 0.05) is 19.0 Å². The maximum absolute atomic E-state index is 11.3. The monoisotopic (exact) mass is 273 g/mol. The highest BCUT2D eigenvalue weighted by molar-refractivity contribution is 5.79. The summed E-state index contributed by atoms with van der Waals surface area (Å²) < 4.78 is 0. The van der Waals surface area contributed by atoms with Crippen LogP contribution < -0.4 is 4.90 Å². The zero-order chi connectivity index (χ0) is 14.7. The molecule has 0 bridgehead atoms. The SMILES string of the molecule is CC(=O)C1CCN(c2cccc(C#N)c2[N+](=O)[O-])CC1. The Morgan fingerprint density at radius 2 is 2.10 bits per heavy atom. The zero-order valence-corrected chi connectivity index (χ0v) is 11.2. The second-order valence-electron chi connectivity index (χ2n) is 4.91. The predicted octanol–water partition coefficient (Wildman–Crippen LogP) is 2.27. The van der Waals surface area contributed by atoms with E-state index in [4.69, 9.17) is 5.26 Å². The minimum absolute atomic E-state index is 0.0458. The van der Waals surface area contributed by atoms with Gasteiger partial charge in [-0.2, -0.15) is 5.26 Å². The van der Waals surface area contributed by atoms with E-state index < -0.39 is 4.92 Å². The Morgan fingerprint density at radius 3 is 2.60 bits per heavy atom. The summed E-state index contributed by atoms with van der Waals surface area (Å²) in [7, 11) is 0. The highest BCUT2D eigenvalue weighted by Gasteiger charge is 2.28. The molecule has 6 heteroatoms. The lowest BCUT2D eigenvalue weighted by Crippen LogP contribution is -2.36. The van der Waals surface area contributed by atoms with Gasteiger partial charge >= 0.3 is 5.69 Å². The van der Waals surface area contributed by atoms with Crippen LogP contribution in [0.3, 0.4) is 0 Å². The lowest BCUT2D eigenvalue weighted by molar-refractivity contribution is -0.384. The molecule has 6 nitrogen and oxygen atoms in total. The van der Waals surface area contributed by atoms with Gasteiger partial charge in [-0.25, -0.2) is 0 Å². The summed E-state index contributed by atoms with van der Waals surface area (Å²) in [6.07, 6.45) is 1.40. The molecule has 1 saturated heterocycles. The van der Waals surface area contributed by atoms with Crippen molar-refractivity contribution in [1.82, 2.24) is 0 Å². The Kier molecular flexibility index (Phi) is 3.99. The summed E-state index contributed by atoms with van der Waals surface area (Å²) in [5, 5.41) is 20.2. The van der Waals surface area contributed by atoms with Crippen molar-refractivity contribution in [2.24, 2.45) is 5.92 Å². The molecule has 1 aliphatic rings. The molecular weight excluding hydrogens is 258 g/mol. The normalized spacial score (nSPS) is 15.7. The van der Waals surface area contributed by atoms with Gasteiger partial charge in [-0.1, -0.05) is 6.07 Å². The largest absolute Gasteiger partial charge is 0.366 e. The van der Waals surface area contributed by atoms with E-state index in [1.807, 2.05) is 11.0 Å². The number of nitro groups is 1. The molecule has 0 amide bonds. The molecule has 0 spiro atoms. The van der Waals surface area contributed by atoms with Crippen LogP contribution in [0.5, 0.6) is 0 Å². The minimum Gasteiger partial charge on any atom is -0.366 e. The number of piperidine rings is 1. The van der Waals surface area contributed by atoms with Gasteiger partial charge in [0.2, 0.25) is 0 Å². The first-order chi connectivity index (χ1) is 9.54. The van der Waals surface area contributed by atoms with E-state index in [2.05, 4.69) is 0 Å². The van der Waals surface area contributed by atoms with E-state index in [0.717, 1.165) is 0 Å². The molecule has 2 rings (SSSR count). The molecule has 0 aliphatic carbocycles. The van der Waals surface area contributed by atoms with Crippen LogP contribution in [0.4, 0.5) is 11.4 Å². The highest BCUT2D eigenvalue weighted by Crippen LogP contribution is 2.34. The van der Waals surface area contributed by atoms with Crippen molar-refractivity contribution in [2.45, 2.75) is 19.8 Å². The van der Waals surface area contributed by atoms with Gasteiger partial charge in [-0.15, -0.1) is 0 Å². The van der Waals surface area contributed by atoms with Gasteiger partial charge < -0.3 is 4.90 Å². The summed E-state index contributed by atoms with van der Waals surface area (Å²) in [5.41, 5.74) is 0.397. The molecule has 0 aromatic heterocycles. The van der Waals surface area contributed by atoms with E-state index in [-0.39, 0.29) is 23.0 Å². The highest BCUT2D eigenvalue weighted by atomic mass is 16.6. The first-order valence-corrected chi connectivity index (χ1v) is 6.47. The fourth-order valence-corrected chi connectivity index (χ4v) is 2.60. The Morgan fingerprint density at radius 1 is 1.45 bits per heavy atom. The Hall–Kier alpha value is -2.42. The van der Waals surface area contributed by atoms with Crippen molar-refractivity contribution in [1.29, 1.82) is 5.26 Å². The Bertz CT molecular complexity index is 584.